The first-order chi connectivity index (χ1) is 13.0. The summed E-state index contributed by atoms with van der Waals surface area (Å²) in [6, 6.07) is 17.7. The van der Waals surface area contributed by atoms with Gasteiger partial charge in [0.2, 0.25) is 0 Å². The molecule has 0 saturated carbocycles. The number of fused-ring (bicyclic) bond motifs is 2. The third-order valence-corrected chi connectivity index (χ3v) is 3.87. The Hall–Kier alpha value is -3.94. The molecule has 0 atom stereocenters. The van der Waals surface area contributed by atoms with Gasteiger partial charge in [0.25, 0.3) is 11.4 Å². The molecule has 0 aliphatic carbocycles. The summed E-state index contributed by atoms with van der Waals surface area (Å²) in [7, 11) is 0. The lowest BCUT2D eigenvalue weighted by atomic mass is 10.2. The van der Waals surface area contributed by atoms with E-state index in [1.807, 2.05) is 42.5 Å². The predicted molar refractivity (Wildman–Crippen MR) is 102 cm³/mol. The third-order valence-electron chi connectivity index (χ3n) is 3.87. The van der Waals surface area contributed by atoms with E-state index >= 15 is 0 Å². The highest BCUT2D eigenvalue weighted by Gasteiger charge is 2.12. The fourth-order valence-electron chi connectivity index (χ4n) is 2.55. The maximum Gasteiger partial charge on any atom is 0.291 e. The molecule has 0 spiro atoms. The molecule has 0 aliphatic rings. The molecule has 2 aromatic carbocycles. The van der Waals surface area contributed by atoms with Gasteiger partial charge in [0, 0.05) is 22.9 Å². The van der Waals surface area contributed by atoms with Crippen LogP contribution in [0.4, 0.5) is 11.4 Å². The highest BCUT2D eigenvalue weighted by atomic mass is 16.6. The summed E-state index contributed by atoms with van der Waals surface area (Å²) in [6.45, 7) is 1.64. The van der Waals surface area contributed by atoms with Crippen molar-refractivity contribution >= 4 is 33.2 Å². The van der Waals surface area contributed by atoms with E-state index in [2.05, 4.69) is 9.97 Å². The topological polar surface area (TPSA) is 112 Å². The van der Waals surface area contributed by atoms with E-state index in [1.54, 1.807) is 19.1 Å². The normalized spacial score (nSPS) is 10.3. The fraction of sp³-hybridized carbons (Fsp3) is 0.0526. The molecule has 0 saturated heterocycles. The lowest BCUT2D eigenvalue weighted by Gasteiger charge is -1.99. The van der Waals surface area contributed by atoms with Gasteiger partial charge in [0.15, 0.2) is 0 Å². The molecule has 27 heavy (non-hydrogen) atoms. The number of rotatable bonds is 2. The molecular weight excluding hydrogens is 348 g/mol. The quantitative estimate of drug-likeness (QED) is 0.380. The van der Waals surface area contributed by atoms with E-state index in [9.17, 15) is 20.2 Å². The molecule has 0 fully saturated rings. The minimum Gasteiger partial charge on any atom is -0.258 e. The number of pyridine rings is 2. The smallest absolute Gasteiger partial charge is 0.258 e. The van der Waals surface area contributed by atoms with Crippen molar-refractivity contribution in [2.45, 2.75) is 6.92 Å². The number of nitro groups is 2. The average molecular weight is 362 g/mol. The minimum absolute atomic E-state index is 0.0266. The van der Waals surface area contributed by atoms with Gasteiger partial charge in [-0.1, -0.05) is 36.4 Å². The number of hydrogen-bond donors (Lipinski definition) is 0. The Morgan fingerprint density at radius 3 is 2.04 bits per heavy atom. The van der Waals surface area contributed by atoms with Gasteiger partial charge in [0.1, 0.15) is 11.9 Å². The zero-order valence-corrected chi connectivity index (χ0v) is 14.3. The van der Waals surface area contributed by atoms with Gasteiger partial charge >= 0.3 is 0 Å². The second-order valence-electron chi connectivity index (χ2n) is 5.69. The first-order valence-electron chi connectivity index (χ1n) is 7.95. The standard InChI is InChI=1S/C10H8N2O2.C9H6N2O2/c1-7-10(12(13)14)6-8-4-2-3-5-9(8)11-7;12-11(13)8-5-7-3-1-2-4-9(7)10-6-8/h2-6H,1H3;1-6H. The van der Waals surface area contributed by atoms with Crippen LogP contribution in [0.1, 0.15) is 5.69 Å². The zero-order valence-electron chi connectivity index (χ0n) is 14.3. The molecule has 2 heterocycles. The number of hydrogen-bond acceptors (Lipinski definition) is 6. The van der Waals surface area contributed by atoms with Crippen LogP contribution in [0.25, 0.3) is 21.8 Å². The number of aryl methyl sites for hydroxylation is 1. The second-order valence-corrected chi connectivity index (χ2v) is 5.69. The van der Waals surface area contributed by atoms with Gasteiger partial charge in [0.05, 0.1) is 20.9 Å². The van der Waals surface area contributed by atoms with Crippen molar-refractivity contribution in [3.05, 3.63) is 92.8 Å². The van der Waals surface area contributed by atoms with Crippen molar-refractivity contribution in [3.8, 4) is 0 Å². The Labute approximate surface area is 153 Å². The van der Waals surface area contributed by atoms with Crippen LogP contribution in [0, 0.1) is 27.2 Å². The van der Waals surface area contributed by atoms with Crippen LogP contribution >= 0.6 is 0 Å². The van der Waals surface area contributed by atoms with Gasteiger partial charge in [-0.05, 0) is 19.1 Å². The summed E-state index contributed by atoms with van der Waals surface area (Å²) < 4.78 is 0. The molecule has 2 aromatic heterocycles. The van der Waals surface area contributed by atoms with Crippen molar-refractivity contribution in [1.29, 1.82) is 0 Å². The van der Waals surface area contributed by atoms with Crippen LogP contribution < -0.4 is 0 Å². The lowest BCUT2D eigenvalue weighted by molar-refractivity contribution is -0.385. The largest absolute Gasteiger partial charge is 0.291 e. The van der Waals surface area contributed by atoms with Crippen molar-refractivity contribution in [2.24, 2.45) is 0 Å². The van der Waals surface area contributed by atoms with Gasteiger partial charge in [-0.25, -0.2) is 9.97 Å². The van der Waals surface area contributed by atoms with Gasteiger partial charge in [-0.3, -0.25) is 20.2 Å². The zero-order chi connectivity index (χ0) is 19.4. The molecule has 8 nitrogen and oxygen atoms in total. The second kappa shape index (κ2) is 7.52. The van der Waals surface area contributed by atoms with Crippen molar-refractivity contribution in [2.75, 3.05) is 0 Å². The number of para-hydroxylation sites is 2. The Morgan fingerprint density at radius 2 is 1.41 bits per heavy atom. The maximum atomic E-state index is 10.6. The summed E-state index contributed by atoms with van der Waals surface area (Å²) in [5.74, 6) is 0. The molecule has 8 heteroatoms. The molecule has 0 bridgehead atoms. The molecule has 4 rings (SSSR count). The molecule has 0 aliphatic heterocycles. The van der Waals surface area contributed by atoms with E-state index in [-0.39, 0.29) is 11.4 Å². The Kier molecular flexibility index (Phi) is 4.98. The van der Waals surface area contributed by atoms with Crippen LogP contribution in [0.15, 0.2) is 66.9 Å². The van der Waals surface area contributed by atoms with Crippen molar-refractivity contribution in [1.82, 2.24) is 9.97 Å². The van der Waals surface area contributed by atoms with Gasteiger partial charge < -0.3 is 0 Å². The molecule has 0 radical (unpaired) electrons. The summed E-state index contributed by atoms with van der Waals surface area (Å²) in [5.41, 5.74) is 2.11. The van der Waals surface area contributed by atoms with E-state index in [4.69, 9.17) is 0 Å². The molecule has 0 N–H and O–H groups in total. The number of benzene rings is 2. The van der Waals surface area contributed by atoms with E-state index in [0.29, 0.717) is 5.69 Å². The highest BCUT2D eigenvalue weighted by Crippen LogP contribution is 2.21. The lowest BCUT2D eigenvalue weighted by Crippen LogP contribution is -1.94. The predicted octanol–water partition coefficient (Wildman–Crippen LogP) is 4.59. The molecule has 0 unspecified atom stereocenters. The molecule has 0 amide bonds. The van der Waals surface area contributed by atoms with Crippen LogP contribution in [-0.4, -0.2) is 19.8 Å². The Balaban J connectivity index is 0.000000156. The highest BCUT2D eigenvalue weighted by molar-refractivity contribution is 5.81. The van der Waals surface area contributed by atoms with E-state index in [0.717, 1.165) is 21.8 Å². The summed E-state index contributed by atoms with van der Waals surface area (Å²) in [4.78, 5) is 28.3. The van der Waals surface area contributed by atoms with Crippen molar-refractivity contribution in [3.63, 3.8) is 0 Å². The number of nitrogens with zero attached hydrogens (tertiary/aromatic N) is 4. The molecule has 4 aromatic rings. The minimum atomic E-state index is -0.445. The van der Waals surface area contributed by atoms with Crippen LogP contribution in [0.3, 0.4) is 0 Å². The van der Waals surface area contributed by atoms with E-state index < -0.39 is 9.85 Å². The fourth-order valence-corrected chi connectivity index (χ4v) is 2.55. The average Bonchev–Trinajstić information content (AvgIpc) is 2.67. The third kappa shape index (κ3) is 4.01. The van der Waals surface area contributed by atoms with Gasteiger partial charge in [-0.15, -0.1) is 0 Å². The Morgan fingerprint density at radius 1 is 0.815 bits per heavy atom. The monoisotopic (exact) mass is 362 g/mol. The van der Waals surface area contributed by atoms with E-state index in [1.165, 1.54) is 12.3 Å². The molecular formula is C19H14N4O4. The summed E-state index contributed by atoms with van der Waals surface area (Å²) in [5, 5.41) is 22.6. The first-order valence-corrected chi connectivity index (χ1v) is 7.95. The summed E-state index contributed by atoms with van der Waals surface area (Å²) >= 11 is 0. The van der Waals surface area contributed by atoms with Crippen LogP contribution in [-0.2, 0) is 0 Å². The molecule has 134 valence electrons. The maximum absolute atomic E-state index is 10.6. The van der Waals surface area contributed by atoms with Crippen LogP contribution in [0.2, 0.25) is 0 Å². The van der Waals surface area contributed by atoms with Gasteiger partial charge in [-0.2, -0.15) is 0 Å². The first kappa shape index (κ1) is 17.9. The SMILES string of the molecule is Cc1nc2ccccc2cc1[N+](=O)[O-].O=[N+]([O-])c1cnc2ccccc2c1. The summed E-state index contributed by atoms with van der Waals surface area (Å²) in [6.07, 6.45) is 1.27. The van der Waals surface area contributed by atoms with Crippen molar-refractivity contribution < 1.29 is 9.85 Å². The number of aromatic nitrogens is 2. The van der Waals surface area contributed by atoms with Crippen LogP contribution in [0.5, 0.6) is 0 Å². The Bertz CT molecular complexity index is 1160.